The summed E-state index contributed by atoms with van der Waals surface area (Å²) in [4.78, 5) is 37.9. The highest BCUT2D eigenvalue weighted by Gasteiger charge is 2.29. The van der Waals surface area contributed by atoms with E-state index in [0.717, 1.165) is 66.4 Å². The minimum atomic E-state index is -1.56. The van der Waals surface area contributed by atoms with E-state index in [-0.39, 0.29) is 27.2 Å². The van der Waals surface area contributed by atoms with Gasteiger partial charge in [0.1, 0.15) is 28.8 Å². The minimum absolute atomic E-state index is 0.1000. The average Bonchev–Trinajstić information content (AvgIpc) is 3.50. The molecule has 0 saturated carbocycles. The van der Waals surface area contributed by atoms with E-state index in [1.54, 1.807) is 17.5 Å². The van der Waals surface area contributed by atoms with Gasteiger partial charge >= 0.3 is 0 Å². The van der Waals surface area contributed by atoms with Crippen molar-refractivity contribution in [3.8, 4) is 16.9 Å². The molecule has 1 fully saturated rings. The van der Waals surface area contributed by atoms with Crippen LogP contribution in [0.4, 0.5) is 13.9 Å². The third-order valence-corrected chi connectivity index (χ3v) is 8.46. The summed E-state index contributed by atoms with van der Waals surface area (Å²) in [7, 11) is 2.11. The fourth-order valence-corrected chi connectivity index (χ4v) is 6.02. The molecule has 6 rings (SSSR count). The molecule has 1 aliphatic heterocycles. The van der Waals surface area contributed by atoms with Crippen molar-refractivity contribution < 1.29 is 18.7 Å². The molecular formula is C31H27F2N5O3S. The number of anilines is 1. The highest BCUT2D eigenvalue weighted by atomic mass is 32.1. The van der Waals surface area contributed by atoms with Crippen LogP contribution in [0.15, 0.2) is 77.3 Å². The number of aromatic hydroxyl groups is 1. The fourth-order valence-electron chi connectivity index (χ4n) is 5.49. The number of amides is 1. The number of benzene rings is 3. The van der Waals surface area contributed by atoms with Crippen LogP contribution < -0.4 is 10.9 Å². The van der Waals surface area contributed by atoms with Gasteiger partial charge in [-0.25, -0.2) is 18.7 Å². The van der Waals surface area contributed by atoms with Crippen LogP contribution in [0.3, 0.4) is 0 Å². The van der Waals surface area contributed by atoms with Crippen molar-refractivity contribution in [3.05, 3.63) is 106 Å². The van der Waals surface area contributed by atoms with Gasteiger partial charge < -0.3 is 10.0 Å². The van der Waals surface area contributed by atoms with E-state index in [4.69, 9.17) is 0 Å². The Morgan fingerprint density at radius 2 is 1.83 bits per heavy atom. The molecule has 0 radical (unpaired) electrons. The van der Waals surface area contributed by atoms with Crippen molar-refractivity contribution >= 4 is 33.3 Å². The molecule has 3 aromatic carbocycles. The zero-order valence-corrected chi connectivity index (χ0v) is 23.4. The van der Waals surface area contributed by atoms with Crippen molar-refractivity contribution in [3.63, 3.8) is 0 Å². The maximum atomic E-state index is 16.1. The number of aromatic nitrogens is 3. The summed E-state index contributed by atoms with van der Waals surface area (Å²) in [5.41, 5.74) is 1.07. The van der Waals surface area contributed by atoms with Crippen LogP contribution in [0.25, 0.3) is 22.0 Å². The van der Waals surface area contributed by atoms with Crippen LogP contribution in [-0.4, -0.2) is 50.6 Å². The summed E-state index contributed by atoms with van der Waals surface area (Å²) in [6.07, 6.45) is 4.69. The maximum absolute atomic E-state index is 16.1. The van der Waals surface area contributed by atoms with Crippen LogP contribution in [-0.2, 0) is 4.79 Å². The van der Waals surface area contributed by atoms with Gasteiger partial charge in [0.15, 0.2) is 5.13 Å². The van der Waals surface area contributed by atoms with Crippen molar-refractivity contribution in [2.24, 2.45) is 0 Å². The third-order valence-electron chi connectivity index (χ3n) is 7.77. The number of carbonyl (C=O) groups is 1. The Labute approximate surface area is 243 Å². The number of rotatable bonds is 6. The minimum Gasteiger partial charge on any atom is -0.508 e. The number of phenols is 1. The van der Waals surface area contributed by atoms with Crippen LogP contribution in [0.5, 0.6) is 5.75 Å². The normalized spacial score (nSPS) is 15.1. The Morgan fingerprint density at radius 1 is 1.07 bits per heavy atom. The molecule has 3 heterocycles. The van der Waals surface area contributed by atoms with E-state index < -0.39 is 34.9 Å². The molecule has 1 aliphatic rings. The number of phenolic OH excluding ortho intramolecular Hbond substituents is 1. The molecule has 0 bridgehead atoms. The summed E-state index contributed by atoms with van der Waals surface area (Å²) >= 11 is 1.14. The third kappa shape index (κ3) is 5.28. The summed E-state index contributed by atoms with van der Waals surface area (Å²) in [6.45, 7) is 2.06. The monoisotopic (exact) mass is 587 g/mol. The SMILES string of the molecule is CN1CCC(c2ccc(-c3ccc4ncn(C(C(=O)Nc5nccs5)c5cc(F)ccc5O)c(=O)c4c3F)cc2)CC1. The standard InChI is InChI=1S/C31H27F2N5O3S/c1-37-13-10-19(11-14-37)18-2-4-20(5-3-18)22-7-8-24-26(27(22)33)30(41)38(17-35-24)28(23-16-21(32)6-9-25(23)39)29(40)36-31-34-12-15-42-31/h2-9,12,15-17,19,28,39H,10-11,13-14H2,1H3,(H,34,36,40). The van der Waals surface area contributed by atoms with Gasteiger partial charge in [0.25, 0.3) is 11.5 Å². The Hall–Kier alpha value is -4.48. The lowest BCUT2D eigenvalue weighted by molar-refractivity contribution is -0.118. The van der Waals surface area contributed by atoms with Crippen LogP contribution in [0.1, 0.15) is 35.9 Å². The number of carbonyl (C=O) groups excluding carboxylic acids is 1. The molecule has 1 unspecified atom stereocenters. The maximum Gasteiger partial charge on any atom is 0.265 e. The molecule has 0 spiro atoms. The first-order valence-corrected chi connectivity index (χ1v) is 14.3. The molecule has 0 aliphatic carbocycles. The lowest BCUT2D eigenvalue weighted by Crippen LogP contribution is -2.34. The van der Waals surface area contributed by atoms with Gasteiger partial charge in [-0.1, -0.05) is 24.3 Å². The van der Waals surface area contributed by atoms with Crippen LogP contribution in [0.2, 0.25) is 0 Å². The number of thiazole rings is 1. The predicted octanol–water partition coefficient (Wildman–Crippen LogP) is 5.54. The fraction of sp³-hybridized carbons (Fsp3) is 0.226. The van der Waals surface area contributed by atoms with Gasteiger partial charge in [-0.3, -0.25) is 19.5 Å². The number of halogens is 2. The molecule has 11 heteroatoms. The van der Waals surface area contributed by atoms with Crippen molar-refractivity contribution in [1.29, 1.82) is 0 Å². The Kier molecular flexibility index (Phi) is 7.53. The summed E-state index contributed by atoms with van der Waals surface area (Å²) in [6, 6.07) is 12.3. The van der Waals surface area contributed by atoms with Gasteiger partial charge in [0.05, 0.1) is 11.8 Å². The molecule has 1 atom stereocenters. The van der Waals surface area contributed by atoms with E-state index in [1.807, 2.05) is 24.3 Å². The largest absolute Gasteiger partial charge is 0.508 e. The highest BCUT2D eigenvalue weighted by Crippen LogP contribution is 2.33. The second kappa shape index (κ2) is 11.4. The summed E-state index contributed by atoms with van der Waals surface area (Å²) < 4.78 is 31.3. The zero-order chi connectivity index (χ0) is 29.4. The first-order valence-electron chi connectivity index (χ1n) is 13.5. The topological polar surface area (TPSA) is 100 Å². The van der Waals surface area contributed by atoms with Crippen molar-refractivity contribution in [2.45, 2.75) is 24.8 Å². The smallest absolute Gasteiger partial charge is 0.265 e. The second-order valence-corrected chi connectivity index (χ2v) is 11.3. The van der Waals surface area contributed by atoms with Gasteiger partial charge in [0.2, 0.25) is 0 Å². The number of hydrogen-bond donors (Lipinski definition) is 2. The number of piperidine rings is 1. The molecule has 1 saturated heterocycles. The predicted molar refractivity (Wildman–Crippen MR) is 158 cm³/mol. The highest BCUT2D eigenvalue weighted by molar-refractivity contribution is 7.13. The molecule has 1 amide bonds. The molecule has 42 heavy (non-hydrogen) atoms. The summed E-state index contributed by atoms with van der Waals surface area (Å²) in [5, 5.41) is 14.7. The molecule has 214 valence electrons. The average molecular weight is 588 g/mol. The van der Waals surface area contributed by atoms with E-state index in [2.05, 4.69) is 27.2 Å². The Bertz CT molecular complexity index is 1820. The van der Waals surface area contributed by atoms with Gasteiger partial charge in [-0.2, -0.15) is 0 Å². The first kappa shape index (κ1) is 27.7. The molecule has 2 N–H and O–H groups in total. The van der Waals surface area contributed by atoms with E-state index >= 15 is 4.39 Å². The number of nitrogens with zero attached hydrogens (tertiary/aromatic N) is 4. The lowest BCUT2D eigenvalue weighted by Gasteiger charge is -2.29. The number of fused-ring (bicyclic) bond motifs is 1. The van der Waals surface area contributed by atoms with Crippen molar-refractivity contribution in [2.75, 3.05) is 25.5 Å². The molecule has 5 aromatic rings. The van der Waals surface area contributed by atoms with Crippen LogP contribution >= 0.6 is 11.3 Å². The quantitative estimate of drug-likeness (QED) is 0.271. The molecular weight excluding hydrogens is 560 g/mol. The zero-order valence-electron chi connectivity index (χ0n) is 22.6. The number of nitrogens with one attached hydrogen (secondary N) is 1. The van der Waals surface area contributed by atoms with E-state index in [1.165, 1.54) is 11.8 Å². The second-order valence-electron chi connectivity index (χ2n) is 10.4. The number of likely N-dealkylation sites (tertiary alicyclic amines) is 1. The molecule has 8 nitrogen and oxygen atoms in total. The Balaban J connectivity index is 1.42. The van der Waals surface area contributed by atoms with Gasteiger partial charge in [0, 0.05) is 22.7 Å². The molecule has 2 aromatic heterocycles. The van der Waals surface area contributed by atoms with E-state index in [0.29, 0.717) is 11.5 Å². The first-order chi connectivity index (χ1) is 20.3. The summed E-state index contributed by atoms with van der Waals surface area (Å²) in [5.74, 6) is -2.26. The lowest BCUT2D eigenvalue weighted by atomic mass is 9.88. The van der Waals surface area contributed by atoms with Crippen LogP contribution in [0, 0.1) is 11.6 Å². The Morgan fingerprint density at radius 3 is 2.55 bits per heavy atom. The van der Waals surface area contributed by atoms with Crippen molar-refractivity contribution in [1.82, 2.24) is 19.4 Å². The van der Waals surface area contributed by atoms with Gasteiger partial charge in [-0.15, -0.1) is 11.3 Å². The van der Waals surface area contributed by atoms with E-state index in [9.17, 15) is 19.1 Å². The number of hydrogen-bond acceptors (Lipinski definition) is 7. The van der Waals surface area contributed by atoms with Gasteiger partial charge in [-0.05, 0) is 80.4 Å².